The van der Waals surface area contributed by atoms with Gasteiger partial charge in [0.1, 0.15) is 11.7 Å². The summed E-state index contributed by atoms with van der Waals surface area (Å²) in [7, 11) is -1.30. The van der Waals surface area contributed by atoms with Gasteiger partial charge in [-0.15, -0.1) is 11.8 Å². The molecule has 12 heteroatoms. The standard InChI is InChI=1S/C25H31BN4O6S/c1-15(2)12-21(26-35-24(33)16(3)37-17(4)25(34)36-26)30-22(31)19(13-18-8-6-5-7-9-18)29-23(32)20-14-27-10-11-28-20/h5-11,14-17,19,21H,12-13H2,1-4H3,(H,29,32)(H,30,31)/t16-,17-,19?,21+/m1/s1. The van der Waals surface area contributed by atoms with Crippen LogP contribution in [0.3, 0.4) is 0 Å². The van der Waals surface area contributed by atoms with Crippen LogP contribution in [-0.2, 0) is 30.1 Å². The Morgan fingerprint density at radius 1 is 1.03 bits per heavy atom. The quantitative estimate of drug-likeness (QED) is 0.470. The van der Waals surface area contributed by atoms with E-state index in [4.69, 9.17) is 9.31 Å². The molecule has 0 radical (unpaired) electrons. The van der Waals surface area contributed by atoms with E-state index < -0.39 is 53.4 Å². The number of thioether (sulfide) groups is 1. The Morgan fingerprint density at radius 3 is 2.24 bits per heavy atom. The van der Waals surface area contributed by atoms with Gasteiger partial charge in [0.05, 0.1) is 22.6 Å². The van der Waals surface area contributed by atoms with Crippen molar-refractivity contribution in [3.63, 3.8) is 0 Å². The van der Waals surface area contributed by atoms with E-state index >= 15 is 0 Å². The molecule has 1 aliphatic heterocycles. The highest BCUT2D eigenvalue weighted by molar-refractivity contribution is 8.01. The molecule has 0 saturated carbocycles. The Hall–Kier alpha value is -3.41. The predicted octanol–water partition coefficient (Wildman–Crippen LogP) is 1.99. The van der Waals surface area contributed by atoms with Crippen molar-refractivity contribution in [2.24, 2.45) is 5.92 Å². The molecule has 0 bridgehead atoms. The summed E-state index contributed by atoms with van der Waals surface area (Å²) in [6, 6.07) is 8.24. The van der Waals surface area contributed by atoms with Crippen molar-refractivity contribution in [3.05, 3.63) is 60.2 Å². The lowest BCUT2D eigenvalue weighted by Gasteiger charge is -2.30. The molecule has 2 N–H and O–H groups in total. The summed E-state index contributed by atoms with van der Waals surface area (Å²) >= 11 is 1.15. The third-order valence-corrected chi connectivity index (χ3v) is 6.82. The normalized spacial score (nSPS) is 19.6. The Kier molecular flexibility index (Phi) is 10.1. The average Bonchev–Trinajstić information content (AvgIpc) is 2.87. The van der Waals surface area contributed by atoms with Gasteiger partial charge in [0.2, 0.25) is 5.91 Å². The van der Waals surface area contributed by atoms with Crippen molar-refractivity contribution < 1.29 is 28.5 Å². The molecule has 2 aromatic rings. The summed E-state index contributed by atoms with van der Waals surface area (Å²) in [5, 5.41) is 4.45. The second-order valence-electron chi connectivity index (χ2n) is 9.21. The van der Waals surface area contributed by atoms with Crippen molar-refractivity contribution in [3.8, 4) is 0 Å². The van der Waals surface area contributed by atoms with Crippen LogP contribution in [0.5, 0.6) is 0 Å². The fraction of sp³-hybridized carbons (Fsp3) is 0.440. The molecule has 4 atom stereocenters. The topological polar surface area (TPSA) is 137 Å². The maximum atomic E-state index is 13.5. The summed E-state index contributed by atoms with van der Waals surface area (Å²) < 4.78 is 11.0. The molecule has 1 fully saturated rings. The molecule has 3 rings (SSSR count). The van der Waals surface area contributed by atoms with E-state index in [1.807, 2.05) is 44.2 Å². The molecule has 1 saturated heterocycles. The molecular formula is C25H31BN4O6S. The van der Waals surface area contributed by atoms with Crippen LogP contribution in [0.4, 0.5) is 0 Å². The second kappa shape index (κ2) is 13.2. The number of aromatic nitrogens is 2. The van der Waals surface area contributed by atoms with E-state index in [2.05, 4.69) is 20.6 Å². The number of rotatable bonds is 9. The molecule has 1 aliphatic rings. The van der Waals surface area contributed by atoms with Gasteiger partial charge < -0.3 is 19.9 Å². The minimum absolute atomic E-state index is 0.0652. The first-order valence-corrected chi connectivity index (χ1v) is 13.1. The first-order valence-electron chi connectivity index (χ1n) is 12.1. The minimum atomic E-state index is -1.30. The highest BCUT2D eigenvalue weighted by atomic mass is 32.2. The van der Waals surface area contributed by atoms with E-state index in [1.165, 1.54) is 18.6 Å². The molecule has 37 heavy (non-hydrogen) atoms. The Balaban J connectivity index is 1.84. The van der Waals surface area contributed by atoms with Crippen LogP contribution in [0, 0.1) is 5.92 Å². The second-order valence-corrected chi connectivity index (χ2v) is 10.9. The summed E-state index contributed by atoms with van der Waals surface area (Å²) in [4.78, 5) is 59.4. The fourth-order valence-electron chi connectivity index (χ4n) is 3.76. The Labute approximate surface area is 220 Å². The summed E-state index contributed by atoms with van der Waals surface area (Å²) in [5.41, 5.74) is 0.890. The molecule has 196 valence electrons. The molecule has 1 unspecified atom stereocenters. The van der Waals surface area contributed by atoms with Gasteiger partial charge in [0.15, 0.2) is 0 Å². The zero-order chi connectivity index (χ0) is 26.9. The van der Waals surface area contributed by atoms with Gasteiger partial charge in [-0.25, -0.2) is 4.98 Å². The van der Waals surface area contributed by atoms with E-state index in [0.29, 0.717) is 6.42 Å². The average molecular weight is 526 g/mol. The first kappa shape index (κ1) is 28.2. The SMILES string of the molecule is CC(C)C[C@H](NC(=O)C(Cc1ccccc1)NC(=O)c1cnccn1)B1OC(=O)[C@@H](C)S[C@H](C)C(=O)O1. The maximum absolute atomic E-state index is 13.5. The number of hydrogen-bond acceptors (Lipinski definition) is 9. The Bertz CT molecular complexity index is 1070. The van der Waals surface area contributed by atoms with Gasteiger partial charge in [0.25, 0.3) is 5.91 Å². The summed E-state index contributed by atoms with van der Waals surface area (Å²) in [6.45, 7) is 7.19. The van der Waals surface area contributed by atoms with Gasteiger partial charge in [-0.2, -0.15) is 0 Å². The number of nitrogens with one attached hydrogen (secondary N) is 2. The van der Waals surface area contributed by atoms with Crippen LogP contribution < -0.4 is 10.6 Å². The highest BCUT2D eigenvalue weighted by Crippen LogP contribution is 2.24. The molecule has 2 amide bonds. The number of hydrogen-bond donors (Lipinski definition) is 2. The Morgan fingerprint density at radius 2 is 1.68 bits per heavy atom. The van der Waals surface area contributed by atoms with Crippen LogP contribution in [0.15, 0.2) is 48.9 Å². The van der Waals surface area contributed by atoms with Gasteiger partial charge in [-0.1, -0.05) is 44.2 Å². The zero-order valence-electron chi connectivity index (χ0n) is 21.2. The lowest BCUT2D eigenvalue weighted by Crippen LogP contribution is -2.58. The lowest BCUT2D eigenvalue weighted by molar-refractivity contribution is -0.141. The molecular weight excluding hydrogens is 495 g/mol. The van der Waals surface area contributed by atoms with Crippen LogP contribution in [0.1, 0.15) is 50.2 Å². The molecule has 1 aromatic carbocycles. The fourth-order valence-corrected chi connectivity index (χ4v) is 4.71. The smallest absolute Gasteiger partial charge is 0.497 e. The van der Waals surface area contributed by atoms with Gasteiger partial charge in [-0.3, -0.25) is 24.2 Å². The molecule has 1 aromatic heterocycles. The predicted molar refractivity (Wildman–Crippen MR) is 139 cm³/mol. The van der Waals surface area contributed by atoms with Crippen LogP contribution in [-0.4, -0.2) is 63.3 Å². The van der Waals surface area contributed by atoms with Crippen molar-refractivity contribution in [1.82, 2.24) is 20.6 Å². The van der Waals surface area contributed by atoms with Crippen molar-refractivity contribution in [2.45, 2.75) is 63.0 Å². The van der Waals surface area contributed by atoms with E-state index in [-0.39, 0.29) is 18.0 Å². The summed E-state index contributed by atoms with van der Waals surface area (Å²) in [6.07, 6.45) is 4.70. The van der Waals surface area contributed by atoms with Crippen LogP contribution in [0.25, 0.3) is 0 Å². The zero-order valence-corrected chi connectivity index (χ0v) is 22.1. The van der Waals surface area contributed by atoms with Crippen molar-refractivity contribution in [1.29, 1.82) is 0 Å². The highest BCUT2D eigenvalue weighted by Gasteiger charge is 2.44. The number of carbonyl (C=O) groups is 4. The first-order chi connectivity index (χ1) is 17.6. The van der Waals surface area contributed by atoms with Gasteiger partial charge in [0, 0.05) is 18.8 Å². The van der Waals surface area contributed by atoms with Crippen LogP contribution in [0.2, 0.25) is 0 Å². The van der Waals surface area contributed by atoms with E-state index in [9.17, 15) is 19.2 Å². The third-order valence-electron chi connectivity index (χ3n) is 5.62. The summed E-state index contributed by atoms with van der Waals surface area (Å²) in [5.74, 6) is -2.90. The minimum Gasteiger partial charge on any atom is -0.497 e. The van der Waals surface area contributed by atoms with Crippen molar-refractivity contribution in [2.75, 3.05) is 0 Å². The van der Waals surface area contributed by atoms with Gasteiger partial charge >= 0.3 is 19.1 Å². The number of amides is 2. The molecule has 10 nitrogen and oxygen atoms in total. The maximum Gasteiger partial charge on any atom is 0.622 e. The molecule has 0 spiro atoms. The molecule has 0 aliphatic carbocycles. The number of carbonyl (C=O) groups excluding carboxylic acids is 4. The monoisotopic (exact) mass is 526 g/mol. The lowest BCUT2D eigenvalue weighted by atomic mass is 9.73. The van der Waals surface area contributed by atoms with Gasteiger partial charge in [-0.05, 0) is 31.7 Å². The third kappa shape index (κ3) is 8.31. The molecule has 2 heterocycles. The largest absolute Gasteiger partial charge is 0.622 e. The van der Waals surface area contributed by atoms with Crippen LogP contribution >= 0.6 is 11.8 Å². The van der Waals surface area contributed by atoms with Crippen molar-refractivity contribution >= 4 is 42.6 Å². The van der Waals surface area contributed by atoms with E-state index in [1.54, 1.807) is 13.8 Å². The number of benzene rings is 1. The number of nitrogens with zero attached hydrogens (tertiary/aromatic N) is 2. The van der Waals surface area contributed by atoms with E-state index in [0.717, 1.165) is 17.3 Å².